The van der Waals surface area contributed by atoms with Crippen LogP contribution >= 0.6 is 19.2 Å². The fourth-order valence-corrected chi connectivity index (χ4v) is 4.73. The average molecular weight is 424 g/mol. The molecule has 1 aliphatic rings. The summed E-state index contributed by atoms with van der Waals surface area (Å²) in [4.78, 5) is 12.3. The van der Waals surface area contributed by atoms with Crippen molar-refractivity contribution in [3.8, 4) is 0 Å². The fraction of sp³-hybridized carbons (Fsp3) is 0.353. The van der Waals surface area contributed by atoms with Crippen LogP contribution in [-0.4, -0.2) is 39.1 Å². The zero-order chi connectivity index (χ0) is 19.6. The van der Waals surface area contributed by atoms with Crippen LogP contribution in [0.15, 0.2) is 36.9 Å². The lowest BCUT2D eigenvalue weighted by molar-refractivity contribution is 0.0563. The van der Waals surface area contributed by atoms with E-state index >= 15 is 0 Å². The summed E-state index contributed by atoms with van der Waals surface area (Å²) in [7, 11) is -3.35. The SMILES string of the molecule is Nc1ncnc2c1ncn2CCOCP1(=O)OCC[C@H](c2cccc(Cl)c2)O1. The molecule has 2 aromatic heterocycles. The van der Waals surface area contributed by atoms with Crippen molar-refractivity contribution >= 4 is 36.2 Å². The molecule has 28 heavy (non-hydrogen) atoms. The number of hydrogen-bond donors (Lipinski definition) is 1. The Bertz CT molecular complexity index is 1030. The molecular formula is C17H19ClN5O4P. The van der Waals surface area contributed by atoms with E-state index in [2.05, 4.69) is 15.0 Å². The van der Waals surface area contributed by atoms with Crippen molar-refractivity contribution in [2.24, 2.45) is 0 Å². The first-order valence-corrected chi connectivity index (χ1v) is 10.8. The largest absolute Gasteiger partial charge is 0.382 e. The first kappa shape index (κ1) is 19.3. The minimum absolute atomic E-state index is 0.131. The van der Waals surface area contributed by atoms with E-state index in [0.717, 1.165) is 5.56 Å². The molecule has 2 N–H and O–H groups in total. The van der Waals surface area contributed by atoms with E-state index in [1.54, 1.807) is 23.0 Å². The van der Waals surface area contributed by atoms with Gasteiger partial charge in [0.2, 0.25) is 0 Å². The first-order chi connectivity index (χ1) is 13.5. The summed E-state index contributed by atoms with van der Waals surface area (Å²) < 4.78 is 31.3. The average Bonchev–Trinajstić information content (AvgIpc) is 3.10. The molecule has 11 heteroatoms. The van der Waals surface area contributed by atoms with Gasteiger partial charge in [-0.05, 0) is 17.7 Å². The van der Waals surface area contributed by atoms with Crippen LogP contribution in [0.5, 0.6) is 0 Å². The summed E-state index contributed by atoms with van der Waals surface area (Å²) in [6.45, 7) is 1.08. The molecule has 0 radical (unpaired) electrons. The highest BCUT2D eigenvalue weighted by molar-refractivity contribution is 7.53. The number of benzene rings is 1. The molecule has 1 aromatic carbocycles. The molecule has 1 unspecified atom stereocenters. The van der Waals surface area contributed by atoms with Gasteiger partial charge < -0.3 is 19.6 Å². The number of halogens is 1. The van der Waals surface area contributed by atoms with E-state index in [1.807, 2.05) is 12.1 Å². The van der Waals surface area contributed by atoms with Crippen LogP contribution < -0.4 is 5.73 Å². The molecule has 0 bridgehead atoms. The number of hydrogen-bond acceptors (Lipinski definition) is 8. The molecule has 0 saturated carbocycles. The molecular weight excluding hydrogens is 405 g/mol. The van der Waals surface area contributed by atoms with Crippen molar-refractivity contribution in [3.05, 3.63) is 47.5 Å². The smallest absolute Gasteiger partial charge is 0.356 e. The van der Waals surface area contributed by atoms with Crippen molar-refractivity contribution in [2.45, 2.75) is 19.1 Å². The van der Waals surface area contributed by atoms with Crippen molar-refractivity contribution in [2.75, 3.05) is 25.3 Å². The zero-order valence-electron chi connectivity index (χ0n) is 14.9. The second kappa shape index (κ2) is 8.14. The minimum Gasteiger partial charge on any atom is -0.382 e. The number of nitrogens with zero attached hydrogens (tertiary/aromatic N) is 4. The molecule has 2 atom stereocenters. The van der Waals surface area contributed by atoms with Gasteiger partial charge >= 0.3 is 7.60 Å². The monoisotopic (exact) mass is 423 g/mol. The number of imidazole rings is 1. The number of aromatic nitrogens is 4. The summed E-state index contributed by atoms with van der Waals surface area (Å²) in [5.74, 6) is 0.324. The maximum absolute atomic E-state index is 12.9. The van der Waals surface area contributed by atoms with Gasteiger partial charge in [-0.3, -0.25) is 9.09 Å². The Labute approximate surface area is 166 Å². The minimum atomic E-state index is -3.35. The van der Waals surface area contributed by atoms with E-state index < -0.39 is 7.60 Å². The van der Waals surface area contributed by atoms with Crippen LogP contribution in [0, 0.1) is 0 Å². The third-order valence-electron chi connectivity index (χ3n) is 4.33. The number of rotatable bonds is 6. The van der Waals surface area contributed by atoms with Crippen LogP contribution in [0.2, 0.25) is 5.02 Å². The number of nitrogen functional groups attached to an aromatic ring is 1. The molecule has 3 heterocycles. The Morgan fingerprint density at radius 1 is 1.36 bits per heavy atom. The second-order valence-corrected chi connectivity index (χ2v) is 8.67. The van der Waals surface area contributed by atoms with Crippen molar-refractivity contribution < 1.29 is 18.3 Å². The molecule has 1 saturated heterocycles. The third-order valence-corrected chi connectivity index (χ3v) is 6.22. The molecule has 1 fully saturated rings. The maximum Gasteiger partial charge on any atom is 0.356 e. The van der Waals surface area contributed by atoms with E-state index in [-0.39, 0.29) is 19.1 Å². The van der Waals surface area contributed by atoms with Crippen LogP contribution in [-0.2, 0) is 24.9 Å². The molecule has 1 aliphatic heterocycles. The lowest BCUT2D eigenvalue weighted by Crippen LogP contribution is -2.17. The highest BCUT2D eigenvalue weighted by atomic mass is 35.5. The van der Waals surface area contributed by atoms with Gasteiger partial charge in [0.25, 0.3) is 0 Å². The predicted molar refractivity (Wildman–Crippen MR) is 104 cm³/mol. The Morgan fingerprint density at radius 2 is 2.25 bits per heavy atom. The first-order valence-electron chi connectivity index (χ1n) is 8.71. The zero-order valence-corrected chi connectivity index (χ0v) is 16.6. The summed E-state index contributed by atoms with van der Waals surface area (Å²) in [5, 5.41) is 0.607. The molecule has 4 rings (SSSR count). The summed E-state index contributed by atoms with van der Waals surface area (Å²) in [6, 6.07) is 7.32. The van der Waals surface area contributed by atoms with Crippen LogP contribution in [0.25, 0.3) is 11.2 Å². The van der Waals surface area contributed by atoms with E-state index in [9.17, 15) is 4.57 Å². The van der Waals surface area contributed by atoms with Crippen molar-refractivity contribution in [3.63, 3.8) is 0 Å². The van der Waals surface area contributed by atoms with Crippen LogP contribution in [0.4, 0.5) is 5.82 Å². The summed E-state index contributed by atoms with van der Waals surface area (Å²) in [5.41, 5.74) is 7.81. The molecule has 3 aromatic rings. The number of fused-ring (bicyclic) bond motifs is 1. The van der Waals surface area contributed by atoms with Gasteiger partial charge in [0.1, 0.15) is 18.2 Å². The van der Waals surface area contributed by atoms with Gasteiger partial charge in [-0.1, -0.05) is 23.7 Å². The lowest BCUT2D eigenvalue weighted by atomic mass is 10.1. The quantitative estimate of drug-likeness (QED) is 0.474. The molecule has 0 aliphatic carbocycles. The van der Waals surface area contributed by atoms with Crippen LogP contribution in [0.3, 0.4) is 0 Å². The Hall–Kier alpha value is -2.03. The van der Waals surface area contributed by atoms with Gasteiger partial charge in [0, 0.05) is 18.0 Å². The van der Waals surface area contributed by atoms with Gasteiger partial charge in [0.05, 0.1) is 25.6 Å². The summed E-state index contributed by atoms with van der Waals surface area (Å²) in [6.07, 6.45) is 3.14. The van der Waals surface area contributed by atoms with Gasteiger partial charge in [-0.15, -0.1) is 0 Å². The van der Waals surface area contributed by atoms with Crippen molar-refractivity contribution in [1.82, 2.24) is 19.5 Å². The van der Waals surface area contributed by atoms with Gasteiger partial charge in [-0.25, -0.2) is 15.0 Å². The highest BCUT2D eigenvalue weighted by Crippen LogP contribution is 2.56. The molecule has 148 valence electrons. The Morgan fingerprint density at radius 3 is 3.11 bits per heavy atom. The topological polar surface area (TPSA) is 114 Å². The third kappa shape index (κ3) is 4.19. The predicted octanol–water partition coefficient (Wildman–Crippen LogP) is 3.41. The highest BCUT2D eigenvalue weighted by Gasteiger charge is 2.34. The Balaban J connectivity index is 1.33. The summed E-state index contributed by atoms with van der Waals surface area (Å²) >= 11 is 6.03. The van der Waals surface area contributed by atoms with E-state index in [0.29, 0.717) is 41.6 Å². The number of anilines is 1. The van der Waals surface area contributed by atoms with E-state index in [4.69, 9.17) is 31.1 Å². The number of ether oxygens (including phenoxy) is 1. The maximum atomic E-state index is 12.9. The van der Waals surface area contributed by atoms with Crippen LogP contribution in [0.1, 0.15) is 18.1 Å². The van der Waals surface area contributed by atoms with Gasteiger partial charge in [0.15, 0.2) is 11.5 Å². The molecule has 0 spiro atoms. The number of nitrogens with two attached hydrogens (primary N) is 1. The second-order valence-electron chi connectivity index (χ2n) is 6.29. The molecule has 0 amide bonds. The normalized spacial score (nSPS) is 22.5. The standard InChI is InChI=1S/C17H19ClN5O4P/c18-13-3-1-2-12(8-13)14-4-6-26-28(24,27-14)11-25-7-5-23-10-22-15-16(19)20-9-21-17(15)23/h1-3,8-10,14H,4-7,11H2,(H2,19,20,21)/t14-,28?/m1/s1. The Kier molecular flexibility index (Phi) is 5.61. The van der Waals surface area contributed by atoms with E-state index in [1.165, 1.54) is 6.33 Å². The van der Waals surface area contributed by atoms with Crippen molar-refractivity contribution in [1.29, 1.82) is 0 Å². The van der Waals surface area contributed by atoms with Gasteiger partial charge in [-0.2, -0.15) is 0 Å². The molecule has 9 nitrogen and oxygen atoms in total. The fourth-order valence-electron chi connectivity index (χ4n) is 2.98. The lowest BCUT2D eigenvalue weighted by Gasteiger charge is -2.30.